The monoisotopic (exact) mass is 486 g/mol. The van der Waals surface area contributed by atoms with E-state index in [-0.39, 0.29) is 18.5 Å². The lowest BCUT2D eigenvalue weighted by Crippen LogP contribution is -2.50. The fourth-order valence-electron chi connectivity index (χ4n) is 4.77. The van der Waals surface area contributed by atoms with Crippen molar-refractivity contribution in [3.63, 3.8) is 0 Å². The van der Waals surface area contributed by atoms with Gasteiger partial charge in [-0.15, -0.1) is 6.58 Å². The molecule has 3 aromatic rings. The Morgan fingerprint density at radius 2 is 2.21 bits per heavy atom. The average molecular weight is 487 g/mol. The second kappa shape index (κ2) is 9.95. The molecule has 0 radical (unpaired) electrons. The Balaban J connectivity index is 1.33. The van der Waals surface area contributed by atoms with E-state index in [4.69, 9.17) is 16.3 Å². The van der Waals surface area contributed by atoms with Crippen LogP contribution >= 0.6 is 11.6 Å². The van der Waals surface area contributed by atoms with Crippen molar-refractivity contribution in [2.45, 2.75) is 43.6 Å². The molecule has 34 heavy (non-hydrogen) atoms. The number of fused-ring (bicyclic) bond motifs is 1. The predicted molar refractivity (Wildman–Crippen MR) is 129 cm³/mol. The van der Waals surface area contributed by atoms with Gasteiger partial charge in [0.15, 0.2) is 0 Å². The average Bonchev–Trinajstić information content (AvgIpc) is 3.46. The number of aromatic nitrogens is 4. The molecule has 8 nitrogen and oxygen atoms in total. The number of benzene rings is 1. The summed E-state index contributed by atoms with van der Waals surface area (Å²) < 4.78 is 22.5. The van der Waals surface area contributed by atoms with E-state index in [1.165, 1.54) is 0 Å². The number of halogens is 2. The predicted octanol–water partition coefficient (Wildman–Crippen LogP) is 3.69. The SMILES string of the molecule is C=CCCn1cc(Nc2ncc3cc(Cl)c([C@H]4CCN([C@H]5COC[C@H]5O)C[C@@H]4F)cc3n2)cn1. The molecule has 2 aromatic heterocycles. The summed E-state index contributed by atoms with van der Waals surface area (Å²) in [6, 6.07) is 3.53. The van der Waals surface area contributed by atoms with Crippen LogP contribution in [0, 0.1) is 0 Å². The number of nitrogens with zero attached hydrogens (tertiary/aromatic N) is 5. The fourth-order valence-corrected chi connectivity index (χ4v) is 5.09. The zero-order valence-electron chi connectivity index (χ0n) is 18.8. The summed E-state index contributed by atoms with van der Waals surface area (Å²) >= 11 is 6.57. The maximum Gasteiger partial charge on any atom is 0.227 e. The van der Waals surface area contributed by atoms with Gasteiger partial charge >= 0.3 is 0 Å². The largest absolute Gasteiger partial charge is 0.389 e. The molecule has 4 heterocycles. The molecule has 10 heteroatoms. The van der Waals surface area contributed by atoms with E-state index in [1.807, 2.05) is 27.9 Å². The van der Waals surface area contributed by atoms with Gasteiger partial charge in [-0.3, -0.25) is 9.58 Å². The quantitative estimate of drug-likeness (QED) is 0.492. The van der Waals surface area contributed by atoms with Crippen molar-refractivity contribution in [1.29, 1.82) is 0 Å². The highest BCUT2D eigenvalue weighted by atomic mass is 35.5. The summed E-state index contributed by atoms with van der Waals surface area (Å²) in [5.41, 5.74) is 2.24. The Morgan fingerprint density at radius 1 is 1.32 bits per heavy atom. The first-order valence-electron chi connectivity index (χ1n) is 11.5. The number of rotatable bonds is 7. The zero-order chi connectivity index (χ0) is 23.7. The summed E-state index contributed by atoms with van der Waals surface area (Å²) in [5.74, 6) is 0.105. The van der Waals surface area contributed by atoms with Crippen LogP contribution in [0.1, 0.15) is 24.3 Å². The number of likely N-dealkylation sites (tertiary alicyclic amines) is 1. The molecular formula is C24H28ClFN6O2. The Kier molecular flexibility index (Phi) is 6.78. The second-order valence-corrected chi connectivity index (χ2v) is 9.31. The lowest BCUT2D eigenvalue weighted by molar-refractivity contribution is 0.0353. The van der Waals surface area contributed by atoms with Crippen LogP contribution < -0.4 is 5.32 Å². The highest BCUT2D eigenvalue weighted by Crippen LogP contribution is 2.37. The molecule has 2 saturated heterocycles. The summed E-state index contributed by atoms with van der Waals surface area (Å²) in [5, 5.41) is 18.9. The molecule has 0 bridgehead atoms. The third-order valence-electron chi connectivity index (χ3n) is 6.61. The van der Waals surface area contributed by atoms with Gasteiger partial charge in [0.1, 0.15) is 6.17 Å². The smallest absolute Gasteiger partial charge is 0.227 e. The van der Waals surface area contributed by atoms with Crippen LogP contribution in [-0.4, -0.2) is 74.4 Å². The van der Waals surface area contributed by atoms with Crippen LogP contribution in [0.4, 0.5) is 16.0 Å². The van der Waals surface area contributed by atoms with E-state index >= 15 is 4.39 Å². The van der Waals surface area contributed by atoms with E-state index in [0.717, 1.165) is 29.6 Å². The summed E-state index contributed by atoms with van der Waals surface area (Å²) in [4.78, 5) is 11.0. The van der Waals surface area contributed by atoms with Gasteiger partial charge in [-0.1, -0.05) is 17.7 Å². The van der Waals surface area contributed by atoms with Gasteiger partial charge in [0.05, 0.1) is 42.8 Å². The van der Waals surface area contributed by atoms with Crippen LogP contribution in [0.3, 0.4) is 0 Å². The first kappa shape index (κ1) is 23.2. The van der Waals surface area contributed by atoms with Crippen LogP contribution in [0.5, 0.6) is 0 Å². The van der Waals surface area contributed by atoms with Crippen molar-refractivity contribution in [3.05, 3.63) is 54.0 Å². The number of allylic oxidation sites excluding steroid dienone is 1. The third-order valence-corrected chi connectivity index (χ3v) is 6.94. The van der Waals surface area contributed by atoms with E-state index in [1.54, 1.807) is 18.5 Å². The number of nitrogens with one attached hydrogen (secondary N) is 1. The molecular weight excluding hydrogens is 459 g/mol. The first-order valence-corrected chi connectivity index (χ1v) is 11.9. The molecule has 0 spiro atoms. The van der Waals surface area contributed by atoms with E-state index in [2.05, 4.69) is 27.0 Å². The van der Waals surface area contributed by atoms with Crippen LogP contribution in [0.15, 0.2) is 43.4 Å². The van der Waals surface area contributed by atoms with Crippen molar-refractivity contribution in [2.75, 3.05) is 31.6 Å². The van der Waals surface area contributed by atoms with Gasteiger partial charge in [0.25, 0.3) is 0 Å². The molecule has 0 saturated carbocycles. The normalized spacial score (nSPS) is 25.6. The molecule has 0 aliphatic carbocycles. The molecule has 180 valence electrons. The standard InChI is InChI=1S/C24H28ClFN6O2/c1-2-3-5-32-11-16(10-28-32)29-24-27-9-15-7-19(25)18(8-21(15)30-24)17-4-6-31(12-20(17)26)22-13-34-14-23(22)33/h2,7-11,17,20,22-23,33H,1,3-6,12-14H2,(H,27,29,30)/t17-,20+,22+,23-/m1/s1. The number of anilines is 2. The number of hydrogen-bond acceptors (Lipinski definition) is 7. The summed E-state index contributed by atoms with van der Waals surface area (Å²) in [7, 11) is 0. The Morgan fingerprint density at radius 3 is 2.97 bits per heavy atom. The van der Waals surface area contributed by atoms with Gasteiger partial charge in [0, 0.05) is 41.8 Å². The molecule has 2 fully saturated rings. The summed E-state index contributed by atoms with van der Waals surface area (Å²) in [6.07, 6.45) is 6.94. The minimum Gasteiger partial charge on any atom is -0.389 e. The van der Waals surface area contributed by atoms with Crippen LogP contribution in [0.25, 0.3) is 10.9 Å². The van der Waals surface area contributed by atoms with Gasteiger partial charge in [-0.25, -0.2) is 14.4 Å². The van der Waals surface area contributed by atoms with Gasteiger partial charge in [0.2, 0.25) is 5.95 Å². The Labute approximate surface area is 202 Å². The molecule has 2 N–H and O–H groups in total. The highest BCUT2D eigenvalue weighted by Gasteiger charge is 2.39. The maximum absolute atomic E-state index is 15.3. The van der Waals surface area contributed by atoms with E-state index in [9.17, 15) is 5.11 Å². The molecule has 4 atom stereocenters. The molecule has 5 rings (SSSR count). The number of aryl methyl sites for hydroxylation is 1. The topological polar surface area (TPSA) is 88.3 Å². The minimum atomic E-state index is -1.10. The molecule has 0 unspecified atom stereocenters. The number of piperidine rings is 1. The second-order valence-electron chi connectivity index (χ2n) is 8.90. The van der Waals surface area contributed by atoms with Crippen molar-refractivity contribution in [2.24, 2.45) is 0 Å². The molecule has 2 aliphatic rings. The van der Waals surface area contributed by atoms with Crippen molar-refractivity contribution in [3.8, 4) is 0 Å². The Hall–Kier alpha value is -2.59. The van der Waals surface area contributed by atoms with E-state index < -0.39 is 12.3 Å². The molecule has 0 amide bonds. The number of aliphatic hydroxyl groups excluding tert-OH is 1. The summed E-state index contributed by atoms with van der Waals surface area (Å²) in [6.45, 7) is 6.15. The molecule has 2 aliphatic heterocycles. The van der Waals surface area contributed by atoms with Crippen molar-refractivity contribution >= 4 is 34.1 Å². The Bertz CT molecular complexity index is 1170. The lowest BCUT2D eigenvalue weighted by atomic mass is 9.86. The number of alkyl halides is 1. The lowest BCUT2D eigenvalue weighted by Gasteiger charge is -2.39. The fraction of sp³-hybridized carbons (Fsp3) is 0.458. The van der Waals surface area contributed by atoms with Gasteiger partial charge < -0.3 is 15.2 Å². The number of ether oxygens (including phenoxy) is 1. The first-order chi connectivity index (χ1) is 16.5. The highest BCUT2D eigenvalue weighted by molar-refractivity contribution is 6.32. The maximum atomic E-state index is 15.3. The number of hydrogen-bond donors (Lipinski definition) is 2. The molecule has 1 aromatic carbocycles. The van der Waals surface area contributed by atoms with Crippen molar-refractivity contribution < 1.29 is 14.2 Å². The van der Waals surface area contributed by atoms with Crippen LogP contribution in [-0.2, 0) is 11.3 Å². The number of aliphatic hydroxyl groups is 1. The zero-order valence-corrected chi connectivity index (χ0v) is 19.5. The van der Waals surface area contributed by atoms with Gasteiger partial charge in [-0.2, -0.15) is 5.10 Å². The van der Waals surface area contributed by atoms with Gasteiger partial charge in [-0.05, 0) is 37.1 Å². The van der Waals surface area contributed by atoms with Crippen molar-refractivity contribution in [1.82, 2.24) is 24.6 Å². The minimum absolute atomic E-state index is 0.145. The van der Waals surface area contributed by atoms with E-state index in [0.29, 0.717) is 42.7 Å². The third kappa shape index (κ3) is 4.79. The van der Waals surface area contributed by atoms with Crippen LogP contribution in [0.2, 0.25) is 5.02 Å².